The quantitative estimate of drug-likeness (QED) is 0.0673. The molecule has 3 aliphatic rings. The SMILES string of the molecule is OC[C@H]1O[C@@H](Oc2ccccc2N=Nc2c(O)c(N=Nc3ccccc3O[C@@H]3O[C@H](CO)[C@@H](O)[C@H](O)[C@H]3O)c(O)c(N=Nc3ccccc3O[C@@H]3O[C@H](CO)[C@@H](O)[C@H](O)[C@H]3O)c2O)[C@H](O)[C@@H](O)[C@@H]1O. The molecule has 0 bridgehead atoms. The molecule has 0 unspecified atom stereocenters. The van der Waals surface area contributed by atoms with Crippen molar-refractivity contribution in [2.75, 3.05) is 19.8 Å². The van der Waals surface area contributed by atoms with Gasteiger partial charge in [0.25, 0.3) is 0 Å². The second-order valence-corrected chi connectivity index (χ2v) is 15.5. The summed E-state index contributed by atoms with van der Waals surface area (Å²) in [5.41, 5.74) is -2.95. The number of aromatic hydroxyl groups is 3. The van der Waals surface area contributed by atoms with E-state index in [0.29, 0.717) is 0 Å². The van der Waals surface area contributed by atoms with Crippen molar-refractivity contribution >= 4 is 34.1 Å². The largest absolute Gasteiger partial charge is 0.504 e. The molecular weight excluding hydrogens is 924 g/mol. The number of hydrogen-bond donors (Lipinski definition) is 15. The van der Waals surface area contributed by atoms with Gasteiger partial charge in [0.1, 0.15) is 90.3 Å². The topological polar surface area (TPSA) is 433 Å². The lowest BCUT2D eigenvalue weighted by Crippen LogP contribution is -2.60. The Morgan fingerprint density at radius 1 is 0.348 bits per heavy atom. The molecule has 3 aliphatic heterocycles. The van der Waals surface area contributed by atoms with E-state index in [2.05, 4.69) is 30.7 Å². The molecule has 15 atom stereocenters. The second kappa shape index (κ2) is 22.1. The van der Waals surface area contributed by atoms with Crippen LogP contribution >= 0.6 is 0 Å². The highest BCUT2D eigenvalue weighted by Gasteiger charge is 2.47. The van der Waals surface area contributed by atoms with Crippen molar-refractivity contribution in [3.63, 3.8) is 0 Å². The lowest BCUT2D eigenvalue weighted by molar-refractivity contribution is -0.277. The van der Waals surface area contributed by atoms with Crippen LogP contribution in [0.15, 0.2) is 103 Å². The molecule has 3 fully saturated rings. The summed E-state index contributed by atoms with van der Waals surface area (Å²) >= 11 is 0. The van der Waals surface area contributed by atoms with Gasteiger partial charge < -0.3 is 105 Å². The first-order valence-electron chi connectivity index (χ1n) is 20.8. The zero-order valence-electron chi connectivity index (χ0n) is 35.6. The van der Waals surface area contributed by atoms with E-state index in [1.165, 1.54) is 72.8 Å². The Morgan fingerprint density at radius 3 is 0.841 bits per heavy atom. The van der Waals surface area contributed by atoms with Gasteiger partial charge in [0.15, 0.2) is 51.6 Å². The van der Waals surface area contributed by atoms with E-state index in [9.17, 15) is 76.6 Å². The molecule has 4 aromatic rings. The van der Waals surface area contributed by atoms with Crippen molar-refractivity contribution in [3.05, 3.63) is 72.8 Å². The van der Waals surface area contributed by atoms with Crippen molar-refractivity contribution in [1.29, 1.82) is 0 Å². The number of aliphatic hydroxyl groups excluding tert-OH is 12. The van der Waals surface area contributed by atoms with Gasteiger partial charge in [-0.15, -0.1) is 30.7 Å². The van der Waals surface area contributed by atoms with Gasteiger partial charge in [-0.2, -0.15) is 0 Å². The summed E-state index contributed by atoms with van der Waals surface area (Å²) in [6.45, 7) is -2.25. The van der Waals surface area contributed by atoms with Crippen molar-refractivity contribution in [3.8, 4) is 34.5 Å². The number of benzene rings is 4. The first-order valence-corrected chi connectivity index (χ1v) is 20.8. The summed E-state index contributed by atoms with van der Waals surface area (Å²) in [6, 6.07) is 16.8. The van der Waals surface area contributed by atoms with E-state index < -0.39 is 146 Å². The summed E-state index contributed by atoms with van der Waals surface area (Å²) in [7, 11) is 0. The normalized spacial score (nSPS) is 31.9. The number of ether oxygens (including phenoxy) is 6. The van der Waals surface area contributed by atoms with E-state index in [0.717, 1.165) is 0 Å². The van der Waals surface area contributed by atoms with E-state index in [-0.39, 0.29) is 34.3 Å². The van der Waals surface area contributed by atoms with E-state index >= 15 is 0 Å². The predicted octanol–water partition coefficient (Wildman–Crippen LogP) is -0.414. The lowest BCUT2D eigenvalue weighted by Gasteiger charge is -2.39. The smallest absolute Gasteiger partial charge is 0.229 e. The summed E-state index contributed by atoms with van der Waals surface area (Å²) in [6.07, 6.45) is -24.9. The van der Waals surface area contributed by atoms with Crippen LogP contribution in [0.4, 0.5) is 34.1 Å². The molecule has 3 heterocycles. The number of para-hydroxylation sites is 3. The van der Waals surface area contributed by atoms with Gasteiger partial charge in [0, 0.05) is 0 Å². The van der Waals surface area contributed by atoms with Crippen molar-refractivity contribution in [2.45, 2.75) is 92.1 Å². The fourth-order valence-corrected chi connectivity index (χ4v) is 7.06. The molecule has 69 heavy (non-hydrogen) atoms. The molecule has 0 aliphatic carbocycles. The minimum atomic E-state index is -1.82. The molecule has 0 spiro atoms. The van der Waals surface area contributed by atoms with Gasteiger partial charge in [0.05, 0.1) is 19.8 Å². The van der Waals surface area contributed by atoms with Gasteiger partial charge in [-0.1, -0.05) is 36.4 Å². The van der Waals surface area contributed by atoms with Crippen LogP contribution in [0.5, 0.6) is 34.5 Å². The van der Waals surface area contributed by atoms with Crippen LogP contribution in [0.3, 0.4) is 0 Å². The standard InChI is InChI=1S/C42H48N6O21/c49-13-22-28(52)34(58)37(61)40(67-22)64-19-10-4-1-7-16(19)43-46-25-31(55)26(47-44-17-8-2-5-11-20(17)65-41-38(62)35(59)29(53)23(14-50)68-41)33(57)27(32(25)56)48-45-18-9-3-6-12-21(18)66-42-39(63)36(60)30(54)24(15-51)69-42/h1-12,22-24,28-30,34-42,49-63H,13-15H2/t22-,23-,24-,28-,29-,30-,34+,35+,36+,37-,38-,39-,40-,41-,42-/m1/s1. The third-order valence-corrected chi connectivity index (χ3v) is 11.0. The molecule has 0 radical (unpaired) electrons. The molecule has 0 amide bonds. The molecule has 15 N–H and O–H groups in total. The maximum Gasteiger partial charge on any atom is 0.229 e. The molecule has 27 nitrogen and oxygen atoms in total. The first-order chi connectivity index (χ1) is 33.1. The molecule has 0 aromatic heterocycles. The zero-order chi connectivity index (χ0) is 49.7. The third-order valence-electron chi connectivity index (χ3n) is 11.0. The molecule has 3 saturated heterocycles. The fraction of sp³-hybridized carbons (Fsp3) is 0.429. The van der Waals surface area contributed by atoms with Crippen LogP contribution in [0.25, 0.3) is 0 Å². The number of phenols is 3. The van der Waals surface area contributed by atoms with E-state index in [1.807, 2.05) is 0 Å². The maximum absolute atomic E-state index is 11.6. The fourth-order valence-electron chi connectivity index (χ4n) is 7.06. The van der Waals surface area contributed by atoms with Crippen LogP contribution in [0.2, 0.25) is 0 Å². The number of azo groups is 3. The summed E-state index contributed by atoms with van der Waals surface area (Å²) in [5, 5.41) is 181. The van der Waals surface area contributed by atoms with Gasteiger partial charge in [-0.3, -0.25) is 0 Å². The Balaban J connectivity index is 1.27. The van der Waals surface area contributed by atoms with Crippen LogP contribution in [0.1, 0.15) is 0 Å². The number of aliphatic hydroxyl groups is 12. The molecule has 0 saturated carbocycles. The Hall–Kier alpha value is -6.12. The number of hydrogen-bond acceptors (Lipinski definition) is 27. The van der Waals surface area contributed by atoms with Crippen LogP contribution in [-0.2, 0) is 14.2 Å². The van der Waals surface area contributed by atoms with Crippen LogP contribution in [-0.4, -0.2) is 189 Å². The van der Waals surface area contributed by atoms with Crippen molar-refractivity contribution < 1.29 is 105 Å². The summed E-state index contributed by atoms with van der Waals surface area (Å²) in [5.74, 6) is -3.71. The molecule has 7 rings (SSSR count). The highest BCUT2D eigenvalue weighted by Crippen LogP contribution is 2.57. The van der Waals surface area contributed by atoms with Gasteiger partial charge >= 0.3 is 0 Å². The van der Waals surface area contributed by atoms with Crippen LogP contribution < -0.4 is 14.2 Å². The Bertz CT molecular complexity index is 2200. The lowest BCUT2D eigenvalue weighted by atomic mass is 9.99. The molecular formula is C42H48N6O21. The third kappa shape index (κ3) is 10.7. The highest BCUT2D eigenvalue weighted by atomic mass is 16.7. The first kappa shape index (κ1) is 50.7. The maximum atomic E-state index is 11.6. The van der Waals surface area contributed by atoms with Crippen LogP contribution in [0, 0.1) is 0 Å². The Morgan fingerprint density at radius 2 is 0.594 bits per heavy atom. The minimum absolute atomic E-state index is 0.161. The van der Waals surface area contributed by atoms with E-state index in [1.54, 1.807) is 0 Å². The molecule has 4 aromatic carbocycles. The Kier molecular flexibility index (Phi) is 16.3. The zero-order valence-corrected chi connectivity index (χ0v) is 35.6. The summed E-state index contributed by atoms with van der Waals surface area (Å²) < 4.78 is 33.5. The minimum Gasteiger partial charge on any atom is -0.504 e. The Labute approximate surface area is 388 Å². The monoisotopic (exact) mass is 972 g/mol. The average Bonchev–Trinajstić information content (AvgIpc) is 3.35. The number of phenolic OH excluding ortho intramolecular Hbond substituents is 3. The molecule has 27 heteroatoms. The number of rotatable bonds is 15. The van der Waals surface area contributed by atoms with Gasteiger partial charge in [-0.25, -0.2) is 0 Å². The average molecular weight is 973 g/mol. The van der Waals surface area contributed by atoms with Gasteiger partial charge in [-0.05, 0) is 36.4 Å². The number of nitrogens with zero attached hydrogens (tertiary/aromatic N) is 6. The van der Waals surface area contributed by atoms with E-state index in [4.69, 9.17) is 28.4 Å². The molecule has 372 valence electrons. The van der Waals surface area contributed by atoms with Crippen molar-refractivity contribution in [1.82, 2.24) is 0 Å². The van der Waals surface area contributed by atoms with Gasteiger partial charge in [0.2, 0.25) is 18.9 Å². The highest BCUT2D eigenvalue weighted by molar-refractivity contribution is 5.86. The second-order valence-electron chi connectivity index (χ2n) is 15.5. The predicted molar refractivity (Wildman–Crippen MR) is 226 cm³/mol. The summed E-state index contributed by atoms with van der Waals surface area (Å²) in [4.78, 5) is 0. The van der Waals surface area contributed by atoms with Crippen molar-refractivity contribution in [2.24, 2.45) is 30.7 Å².